The van der Waals surface area contributed by atoms with Gasteiger partial charge in [0.15, 0.2) is 0 Å². The standard InChI is InChI=1S/C21H25N3O/c1-15-12-17(7-6-16-4-5-16)8-9-19(15)20-14-24(23-22-20)13-18-10-11-21(2,3)25-18/h8-9,12,14,16,18H,4-5,10-11,13H2,1-3H3/t18-/m1/s1. The van der Waals surface area contributed by atoms with Gasteiger partial charge in [-0.2, -0.15) is 0 Å². The lowest BCUT2D eigenvalue weighted by Crippen LogP contribution is -2.23. The van der Waals surface area contributed by atoms with Gasteiger partial charge in [0.2, 0.25) is 0 Å². The summed E-state index contributed by atoms with van der Waals surface area (Å²) in [6.07, 6.45) is 6.94. The van der Waals surface area contributed by atoms with Crippen molar-refractivity contribution in [3.05, 3.63) is 35.5 Å². The van der Waals surface area contributed by atoms with Crippen LogP contribution in [0.25, 0.3) is 11.3 Å². The lowest BCUT2D eigenvalue weighted by molar-refractivity contribution is -0.0231. The first-order chi connectivity index (χ1) is 12.0. The SMILES string of the molecule is Cc1cc(C#CC2CC2)ccc1-c1cn(C[C@H]2CCC(C)(C)O2)nn1. The molecule has 4 heteroatoms. The van der Waals surface area contributed by atoms with Gasteiger partial charge in [-0.05, 0) is 64.2 Å². The fourth-order valence-corrected chi connectivity index (χ4v) is 3.37. The van der Waals surface area contributed by atoms with Crippen molar-refractivity contribution >= 4 is 0 Å². The maximum Gasteiger partial charge on any atom is 0.113 e. The molecule has 1 aliphatic carbocycles. The summed E-state index contributed by atoms with van der Waals surface area (Å²) in [6.45, 7) is 7.17. The van der Waals surface area contributed by atoms with Crippen LogP contribution >= 0.6 is 0 Å². The highest BCUT2D eigenvalue weighted by Gasteiger charge is 2.31. The molecule has 1 saturated carbocycles. The fraction of sp³-hybridized carbons (Fsp3) is 0.524. The van der Waals surface area contributed by atoms with Gasteiger partial charge >= 0.3 is 0 Å². The fourth-order valence-electron chi connectivity index (χ4n) is 3.37. The molecule has 0 unspecified atom stereocenters. The number of benzene rings is 1. The molecule has 0 spiro atoms. The minimum absolute atomic E-state index is 0.0119. The van der Waals surface area contributed by atoms with E-state index in [-0.39, 0.29) is 11.7 Å². The molecule has 0 N–H and O–H groups in total. The Morgan fingerprint density at radius 3 is 2.80 bits per heavy atom. The molecular formula is C21H25N3O. The zero-order valence-electron chi connectivity index (χ0n) is 15.2. The monoisotopic (exact) mass is 335 g/mol. The molecule has 4 nitrogen and oxygen atoms in total. The third kappa shape index (κ3) is 3.93. The number of aromatic nitrogens is 3. The Hall–Kier alpha value is -2.12. The highest BCUT2D eigenvalue weighted by Crippen LogP contribution is 2.30. The Labute approximate surface area is 149 Å². The molecule has 2 aromatic rings. The second kappa shape index (κ2) is 6.31. The Morgan fingerprint density at radius 2 is 2.12 bits per heavy atom. The summed E-state index contributed by atoms with van der Waals surface area (Å²) in [7, 11) is 0. The number of rotatable bonds is 3. The second-order valence-corrected chi connectivity index (χ2v) is 7.94. The highest BCUT2D eigenvalue weighted by molar-refractivity contribution is 5.64. The van der Waals surface area contributed by atoms with Crippen molar-refractivity contribution in [3.8, 4) is 23.1 Å². The van der Waals surface area contributed by atoms with Crippen molar-refractivity contribution in [2.24, 2.45) is 5.92 Å². The minimum Gasteiger partial charge on any atom is -0.370 e. The van der Waals surface area contributed by atoms with E-state index in [1.807, 2.05) is 10.9 Å². The predicted molar refractivity (Wildman–Crippen MR) is 98.0 cm³/mol. The molecule has 1 atom stereocenters. The van der Waals surface area contributed by atoms with E-state index in [4.69, 9.17) is 4.74 Å². The lowest BCUT2D eigenvalue weighted by Gasteiger charge is -2.18. The van der Waals surface area contributed by atoms with E-state index >= 15 is 0 Å². The molecule has 4 rings (SSSR count). The molecule has 2 aliphatic rings. The van der Waals surface area contributed by atoms with Crippen LogP contribution in [-0.2, 0) is 11.3 Å². The van der Waals surface area contributed by atoms with Crippen LogP contribution in [-0.4, -0.2) is 26.7 Å². The van der Waals surface area contributed by atoms with E-state index in [0.29, 0.717) is 5.92 Å². The first kappa shape index (κ1) is 16.4. The summed E-state index contributed by atoms with van der Waals surface area (Å²) in [6, 6.07) is 6.33. The maximum atomic E-state index is 6.05. The van der Waals surface area contributed by atoms with Crippen molar-refractivity contribution in [1.82, 2.24) is 15.0 Å². The molecule has 2 fully saturated rings. The van der Waals surface area contributed by atoms with E-state index in [1.54, 1.807) is 0 Å². The van der Waals surface area contributed by atoms with Gasteiger partial charge in [-0.1, -0.05) is 23.1 Å². The molecule has 0 amide bonds. The van der Waals surface area contributed by atoms with Crippen LogP contribution in [0, 0.1) is 24.7 Å². The third-order valence-corrected chi connectivity index (χ3v) is 4.98. The van der Waals surface area contributed by atoms with Gasteiger partial charge in [0, 0.05) is 17.0 Å². The highest BCUT2D eigenvalue weighted by atomic mass is 16.5. The van der Waals surface area contributed by atoms with Gasteiger partial charge in [0.25, 0.3) is 0 Å². The van der Waals surface area contributed by atoms with Crippen LogP contribution in [0.2, 0.25) is 0 Å². The number of hydrogen-bond donors (Lipinski definition) is 0. The normalized spacial score (nSPS) is 21.8. The predicted octanol–water partition coefficient (Wildman–Crippen LogP) is 3.97. The molecule has 1 saturated heterocycles. The molecule has 0 bridgehead atoms. The van der Waals surface area contributed by atoms with Crippen LogP contribution in [0.5, 0.6) is 0 Å². The van der Waals surface area contributed by atoms with E-state index in [2.05, 4.69) is 61.1 Å². The number of ether oxygens (including phenoxy) is 1. The van der Waals surface area contributed by atoms with Gasteiger partial charge in [-0.25, -0.2) is 4.68 Å². The Balaban J connectivity index is 1.47. The zero-order valence-corrected chi connectivity index (χ0v) is 15.2. The van der Waals surface area contributed by atoms with Crippen molar-refractivity contribution in [2.45, 2.75) is 64.7 Å². The largest absolute Gasteiger partial charge is 0.370 e. The number of aryl methyl sites for hydroxylation is 1. The van der Waals surface area contributed by atoms with Crippen LogP contribution in [0.3, 0.4) is 0 Å². The Kier molecular flexibility index (Phi) is 4.13. The number of nitrogens with zero attached hydrogens (tertiary/aromatic N) is 3. The van der Waals surface area contributed by atoms with Gasteiger partial charge in [-0.3, -0.25) is 0 Å². The first-order valence-electron chi connectivity index (χ1n) is 9.19. The molecule has 1 aromatic carbocycles. The lowest BCUT2D eigenvalue weighted by atomic mass is 10.0. The van der Waals surface area contributed by atoms with Crippen molar-refractivity contribution in [2.75, 3.05) is 0 Å². The van der Waals surface area contributed by atoms with Gasteiger partial charge in [-0.15, -0.1) is 5.10 Å². The zero-order chi connectivity index (χ0) is 17.4. The van der Waals surface area contributed by atoms with Crippen molar-refractivity contribution in [3.63, 3.8) is 0 Å². The van der Waals surface area contributed by atoms with E-state index in [1.165, 1.54) is 18.4 Å². The van der Waals surface area contributed by atoms with E-state index < -0.39 is 0 Å². The molecule has 2 heterocycles. The summed E-state index contributed by atoms with van der Waals surface area (Å²) in [4.78, 5) is 0. The van der Waals surface area contributed by atoms with Gasteiger partial charge in [0.05, 0.1) is 24.4 Å². The average molecular weight is 335 g/mol. The van der Waals surface area contributed by atoms with Crippen LogP contribution in [0.4, 0.5) is 0 Å². The smallest absolute Gasteiger partial charge is 0.113 e. The van der Waals surface area contributed by atoms with Crippen molar-refractivity contribution in [1.29, 1.82) is 0 Å². The van der Waals surface area contributed by atoms with E-state index in [9.17, 15) is 0 Å². The minimum atomic E-state index is -0.0119. The topological polar surface area (TPSA) is 39.9 Å². The summed E-state index contributed by atoms with van der Waals surface area (Å²) in [5, 5.41) is 8.65. The summed E-state index contributed by atoms with van der Waals surface area (Å²) >= 11 is 0. The van der Waals surface area contributed by atoms with E-state index in [0.717, 1.165) is 36.2 Å². The molecule has 1 aromatic heterocycles. The van der Waals surface area contributed by atoms with Gasteiger partial charge in [0.1, 0.15) is 5.69 Å². The summed E-state index contributed by atoms with van der Waals surface area (Å²) in [5.74, 6) is 7.22. The van der Waals surface area contributed by atoms with Crippen LogP contribution < -0.4 is 0 Å². The second-order valence-electron chi connectivity index (χ2n) is 7.94. The van der Waals surface area contributed by atoms with Crippen LogP contribution in [0.1, 0.15) is 50.7 Å². The van der Waals surface area contributed by atoms with Crippen LogP contribution in [0.15, 0.2) is 24.4 Å². The summed E-state index contributed by atoms with van der Waals surface area (Å²) < 4.78 is 7.96. The molecule has 25 heavy (non-hydrogen) atoms. The van der Waals surface area contributed by atoms with Gasteiger partial charge < -0.3 is 4.74 Å². The third-order valence-electron chi connectivity index (χ3n) is 4.98. The molecule has 1 aliphatic heterocycles. The maximum absolute atomic E-state index is 6.05. The number of hydrogen-bond acceptors (Lipinski definition) is 3. The molecule has 0 radical (unpaired) electrons. The average Bonchev–Trinajstić information content (AvgIpc) is 3.18. The van der Waals surface area contributed by atoms with Crippen molar-refractivity contribution < 1.29 is 4.74 Å². The first-order valence-corrected chi connectivity index (χ1v) is 9.19. The molecule has 130 valence electrons. The molecular weight excluding hydrogens is 310 g/mol. The Bertz CT molecular complexity index is 836. The Morgan fingerprint density at radius 1 is 1.28 bits per heavy atom. The summed E-state index contributed by atoms with van der Waals surface area (Å²) in [5.41, 5.74) is 4.30. The quantitative estimate of drug-likeness (QED) is 0.797.